The molecule has 4 rings (SSSR count). The largest absolute Gasteiger partial charge is 0.319 e. The molecule has 31 heavy (non-hydrogen) atoms. The number of carbonyl (C=O) groups excluding carboxylic acids is 1. The van der Waals surface area contributed by atoms with E-state index in [1.165, 1.54) is 12.1 Å². The number of likely N-dealkylation sites (tertiary alicyclic amines) is 1. The average molecular weight is 439 g/mol. The second-order valence-electron chi connectivity index (χ2n) is 7.77. The quantitative estimate of drug-likeness (QED) is 0.566. The Morgan fingerprint density at radius 1 is 1.23 bits per heavy atom. The summed E-state index contributed by atoms with van der Waals surface area (Å²) in [5.41, 5.74) is 2.20. The fourth-order valence-corrected chi connectivity index (χ4v) is 4.18. The van der Waals surface area contributed by atoms with Crippen molar-refractivity contribution < 1.29 is 9.18 Å². The molecule has 1 atom stereocenters. The summed E-state index contributed by atoms with van der Waals surface area (Å²) in [6.07, 6.45) is 4.73. The lowest BCUT2D eigenvalue weighted by Crippen LogP contribution is -2.34. The van der Waals surface area contributed by atoms with Crippen LogP contribution in [0, 0.1) is 12.7 Å². The van der Waals surface area contributed by atoms with Crippen LogP contribution in [0.15, 0.2) is 54.7 Å². The summed E-state index contributed by atoms with van der Waals surface area (Å²) in [6, 6.07) is 14.0. The van der Waals surface area contributed by atoms with Gasteiger partial charge in [-0.05, 0) is 56.1 Å². The van der Waals surface area contributed by atoms with E-state index in [4.69, 9.17) is 11.6 Å². The molecule has 5 nitrogen and oxygen atoms in total. The van der Waals surface area contributed by atoms with Crippen LogP contribution in [0.5, 0.6) is 0 Å². The summed E-state index contributed by atoms with van der Waals surface area (Å²) < 4.78 is 13.9. The zero-order chi connectivity index (χ0) is 21.8. The van der Waals surface area contributed by atoms with Crippen LogP contribution in [0.4, 0.5) is 10.1 Å². The van der Waals surface area contributed by atoms with Gasteiger partial charge in [-0.25, -0.2) is 14.4 Å². The van der Waals surface area contributed by atoms with Gasteiger partial charge in [0.15, 0.2) is 0 Å². The van der Waals surface area contributed by atoms with Crippen LogP contribution < -0.4 is 5.32 Å². The molecule has 7 heteroatoms. The number of aromatic nitrogens is 2. The number of aryl methyl sites for hydroxylation is 1. The number of rotatable bonds is 5. The molecule has 2 aromatic carbocycles. The molecule has 0 spiro atoms. The Kier molecular flexibility index (Phi) is 6.59. The van der Waals surface area contributed by atoms with E-state index in [1.807, 2.05) is 18.2 Å². The predicted molar refractivity (Wildman–Crippen MR) is 120 cm³/mol. The number of piperidine rings is 1. The van der Waals surface area contributed by atoms with Crippen LogP contribution in [0.2, 0.25) is 5.02 Å². The molecule has 1 amide bonds. The number of hydrogen-bond acceptors (Lipinski definition) is 4. The van der Waals surface area contributed by atoms with Gasteiger partial charge >= 0.3 is 0 Å². The van der Waals surface area contributed by atoms with Gasteiger partial charge < -0.3 is 5.32 Å². The third-order valence-electron chi connectivity index (χ3n) is 5.55. The third-order valence-corrected chi connectivity index (χ3v) is 5.79. The molecule has 1 aromatic heterocycles. The van der Waals surface area contributed by atoms with Gasteiger partial charge in [0.05, 0.1) is 23.0 Å². The summed E-state index contributed by atoms with van der Waals surface area (Å²) in [6.45, 7) is 3.50. The van der Waals surface area contributed by atoms with E-state index in [9.17, 15) is 9.18 Å². The van der Waals surface area contributed by atoms with E-state index in [0.29, 0.717) is 17.1 Å². The molecule has 0 radical (unpaired) electrons. The lowest BCUT2D eigenvalue weighted by atomic mass is 10.00. The van der Waals surface area contributed by atoms with E-state index in [2.05, 4.69) is 26.3 Å². The van der Waals surface area contributed by atoms with Gasteiger partial charge in [-0.1, -0.05) is 42.3 Å². The summed E-state index contributed by atoms with van der Waals surface area (Å²) in [4.78, 5) is 24.2. The standard InChI is InChI=1S/C24H24ClFN4O/c1-16-19(24(31)29-21-10-3-2-9-20(21)26)14-27-23(28-16)22-11-4-5-12-30(22)15-17-7-6-8-18(25)13-17/h2-3,6-10,13-14,22H,4-5,11-12,15H2,1H3,(H,29,31). The zero-order valence-corrected chi connectivity index (χ0v) is 18.1. The number of para-hydroxylation sites is 1. The summed E-state index contributed by atoms with van der Waals surface area (Å²) in [5.74, 6) is -0.194. The molecule has 1 unspecified atom stereocenters. The van der Waals surface area contributed by atoms with E-state index in [0.717, 1.165) is 42.9 Å². The Morgan fingerprint density at radius 2 is 2.06 bits per heavy atom. The minimum absolute atomic E-state index is 0.0788. The highest BCUT2D eigenvalue weighted by Crippen LogP contribution is 2.31. The Balaban J connectivity index is 1.53. The maximum Gasteiger partial charge on any atom is 0.259 e. The minimum atomic E-state index is -0.482. The van der Waals surface area contributed by atoms with Crippen LogP contribution in [0.3, 0.4) is 0 Å². The topological polar surface area (TPSA) is 58.1 Å². The van der Waals surface area contributed by atoms with Gasteiger partial charge in [-0.2, -0.15) is 0 Å². The van der Waals surface area contributed by atoms with Gasteiger partial charge in [0.1, 0.15) is 11.6 Å². The molecule has 2 heterocycles. The van der Waals surface area contributed by atoms with Gasteiger partial charge in [0, 0.05) is 17.8 Å². The maximum atomic E-state index is 13.9. The van der Waals surface area contributed by atoms with Gasteiger partial charge in [0.2, 0.25) is 0 Å². The number of halogens is 2. The number of carbonyl (C=O) groups is 1. The fraction of sp³-hybridized carbons (Fsp3) is 0.292. The number of amides is 1. The SMILES string of the molecule is Cc1nc(C2CCCCN2Cc2cccc(Cl)c2)ncc1C(=O)Nc1ccccc1F. The Bertz CT molecular complexity index is 1090. The molecule has 3 aromatic rings. The van der Waals surface area contributed by atoms with Crippen LogP contribution in [0.25, 0.3) is 0 Å². The number of benzene rings is 2. The van der Waals surface area contributed by atoms with Crippen molar-refractivity contribution in [3.8, 4) is 0 Å². The highest BCUT2D eigenvalue weighted by atomic mass is 35.5. The summed E-state index contributed by atoms with van der Waals surface area (Å²) in [5, 5.41) is 3.32. The second-order valence-corrected chi connectivity index (χ2v) is 8.21. The van der Waals surface area contributed by atoms with Gasteiger partial charge in [0.25, 0.3) is 5.91 Å². The smallest absolute Gasteiger partial charge is 0.259 e. The Labute approximate surface area is 186 Å². The Hall–Kier alpha value is -2.83. The molecule has 1 fully saturated rings. The van der Waals surface area contributed by atoms with E-state index in [1.54, 1.807) is 25.3 Å². The predicted octanol–water partition coefficient (Wildman–Crippen LogP) is 5.56. The van der Waals surface area contributed by atoms with Crippen molar-refractivity contribution in [3.05, 3.63) is 88.2 Å². The molecule has 1 aliphatic rings. The number of nitrogens with zero attached hydrogens (tertiary/aromatic N) is 3. The first-order chi connectivity index (χ1) is 15.0. The summed E-state index contributed by atoms with van der Waals surface area (Å²) >= 11 is 6.15. The first-order valence-corrected chi connectivity index (χ1v) is 10.8. The van der Waals surface area contributed by atoms with Crippen molar-refractivity contribution in [2.75, 3.05) is 11.9 Å². The molecular formula is C24H24ClFN4O. The highest BCUT2D eigenvalue weighted by Gasteiger charge is 2.27. The van der Waals surface area contributed by atoms with Crippen molar-refractivity contribution in [2.45, 2.75) is 38.8 Å². The molecule has 0 saturated carbocycles. The van der Waals surface area contributed by atoms with Gasteiger partial charge in [-0.3, -0.25) is 9.69 Å². The summed E-state index contributed by atoms with van der Waals surface area (Å²) in [7, 11) is 0. The third kappa shape index (κ3) is 5.09. The van der Waals surface area contributed by atoms with E-state index in [-0.39, 0.29) is 11.7 Å². The van der Waals surface area contributed by atoms with Crippen LogP contribution >= 0.6 is 11.6 Å². The first kappa shape index (κ1) is 21.4. The Morgan fingerprint density at radius 3 is 2.84 bits per heavy atom. The van der Waals surface area contributed by atoms with E-state index >= 15 is 0 Å². The lowest BCUT2D eigenvalue weighted by Gasteiger charge is -2.34. The molecule has 0 aliphatic carbocycles. The number of hydrogen-bond donors (Lipinski definition) is 1. The first-order valence-electron chi connectivity index (χ1n) is 10.4. The van der Waals surface area contributed by atoms with Crippen LogP contribution in [-0.2, 0) is 6.54 Å². The number of anilines is 1. The van der Waals surface area contributed by atoms with Gasteiger partial charge in [-0.15, -0.1) is 0 Å². The van der Waals surface area contributed by atoms with Crippen molar-refractivity contribution >= 4 is 23.2 Å². The molecular weight excluding hydrogens is 415 g/mol. The van der Waals surface area contributed by atoms with Crippen molar-refractivity contribution in [1.82, 2.24) is 14.9 Å². The monoisotopic (exact) mass is 438 g/mol. The molecule has 1 N–H and O–H groups in total. The van der Waals surface area contributed by atoms with Crippen LogP contribution in [-0.4, -0.2) is 27.3 Å². The van der Waals surface area contributed by atoms with E-state index < -0.39 is 11.7 Å². The van der Waals surface area contributed by atoms with Crippen molar-refractivity contribution in [2.24, 2.45) is 0 Å². The molecule has 0 bridgehead atoms. The van der Waals surface area contributed by atoms with Crippen molar-refractivity contribution in [1.29, 1.82) is 0 Å². The maximum absolute atomic E-state index is 13.9. The lowest BCUT2D eigenvalue weighted by molar-refractivity contribution is 0.102. The number of nitrogens with one attached hydrogen (secondary N) is 1. The normalized spacial score (nSPS) is 16.8. The van der Waals surface area contributed by atoms with Crippen molar-refractivity contribution in [3.63, 3.8) is 0 Å². The molecule has 160 valence electrons. The minimum Gasteiger partial charge on any atom is -0.319 e. The zero-order valence-electron chi connectivity index (χ0n) is 17.3. The fourth-order valence-electron chi connectivity index (χ4n) is 3.96. The second kappa shape index (κ2) is 9.54. The molecule has 1 saturated heterocycles. The average Bonchev–Trinajstić information content (AvgIpc) is 2.75. The highest BCUT2D eigenvalue weighted by molar-refractivity contribution is 6.30. The van der Waals surface area contributed by atoms with Crippen LogP contribution in [0.1, 0.15) is 52.7 Å². The molecule has 1 aliphatic heterocycles.